The zero-order chi connectivity index (χ0) is 22.7. The minimum absolute atomic E-state index is 0.137. The van der Waals surface area contributed by atoms with Gasteiger partial charge in [0.15, 0.2) is 0 Å². The number of benzene rings is 3. The van der Waals surface area contributed by atoms with Crippen molar-refractivity contribution < 1.29 is 14.1 Å². The van der Waals surface area contributed by atoms with Crippen molar-refractivity contribution in [1.29, 1.82) is 0 Å². The van der Waals surface area contributed by atoms with Gasteiger partial charge in [-0.1, -0.05) is 48.2 Å². The van der Waals surface area contributed by atoms with E-state index < -0.39 is 16.1 Å². The van der Waals surface area contributed by atoms with Gasteiger partial charge in [-0.2, -0.15) is 0 Å². The van der Waals surface area contributed by atoms with E-state index in [0.717, 1.165) is 16.3 Å². The van der Waals surface area contributed by atoms with Crippen LogP contribution in [0.4, 0.5) is 15.8 Å². The van der Waals surface area contributed by atoms with Gasteiger partial charge in [-0.25, -0.2) is 4.39 Å². The summed E-state index contributed by atoms with van der Waals surface area (Å²) in [6.45, 7) is 1.69. The smallest absolute Gasteiger partial charge is 0.292 e. The van der Waals surface area contributed by atoms with Crippen LogP contribution in [-0.4, -0.2) is 26.3 Å². The number of nitrogens with zero attached hydrogens (tertiary/aromatic N) is 3. The topological polar surface area (TPSA) is 98.0 Å². The first kappa shape index (κ1) is 21.4. The van der Waals surface area contributed by atoms with Crippen LogP contribution >= 0.6 is 11.8 Å². The molecule has 0 saturated heterocycles. The molecule has 7 nitrogen and oxygen atoms in total. The standard InChI is InChI=1S/C23H17FN4O3S/c1-14(22(29)25-19-8-4-5-9-20(19)28(30)31)32-23-18-7-3-2-6-17(18)21(26-27-23)15-10-12-16(24)13-11-15/h2-14H,1H3,(H,25,29). The molecule has 4 aromatic rings. The molecular weight excluding hydrogens is 431 g/mol. The maximum atomic E-state index is 13.3. The number of rotatable bonds is 6. The van der Waals surface area contributed by atoms with Crippen molar-refractivity contribution in [3.8, 4) is 11.3 Å². The molecule has 1 N–H and O–H groups in total. The van der Waals surface area contributed by atoms with Gasteiger partial charge in [-0.05, 0) is 37.3 Å². The van der Waals surface area contributed by atoms with Crippen LogP contribution in [0.5, 0.6) is 0 Å². The summed E-state index contributed by atoms with van der Waals surface area (Å²) in [5.74, 6) is -0.727. The lowest BCUT2D eigenvalue weighted by molar-refractivity contribution is -0.383. The van der Waals surface area contributed by atoms with Crippen molar-refractivity contribution in [2.75, 3.05) is 5.32 Å². The molecule has 0 radical (unpaired) electrons. The Kier molecular flexibility index (Phi) is 6.09. The number of nitrogens with one attached hydrogen (secondary N) is 1. The Hall–Kier alpha value is -3.85. The fourth-order valence-corrected chi connectivity index (χ4v) is 4.07. The number of para-hydroxylation sites is 2. The first-order valence-corrected chi connectivity index (χ1v) is 10.5. The van der Waals surface area contributed by atoms with Gasteiger partial charge in [0.1, 0.15) is 22.2 Å². The van der Waals surface area contributed by atoms with Gasteiger partial charge in [-0.15, -0.1) is 10.2 Å². The molecule has 1 amide bonds. The van der Waals surface area contributed by atoms with Crippen molar-refractivity contribution in [2.24, 2.45) is 0 Å². The molecule has 9 heteroatoms. The molecule has 1 aromatic heterocycles. The molecule has 0 aliphatic carbocycles. The molecular formula is C23H17FN4O3S. The molecule has 0 saturated carbocycles. The molecule has 0 aliphatic rings. The van der Waals surface area contributed by atoms with Crippen LogP contribution in [0.3, 0.4) is 0 Å². The summed E-state index contributed by atoms with van der Waals surface area (Å²) in [6, 6.07) is 19.5. The molecule has 1 atom stereocenters. The highest BCUT2D eigenvalue weighted by molar-refractivity contribution is 8.00. The van der Waals surface area contributed by atoms with Crippen molar-refractivity contribution in [1.82, 2.24) is 10.2 Å². The number of thioether (sulfide) groups is 1. The fraction of sp³-hybridized carbons (Fsp3) is 0.0870. The van der Waals surface area contributed by atoms with E-state index in [0.29, 0.717) is 10.7 Å². The first-order valence-electron chi connectivity index (χ1n) is 9.66. The Labute approximate surface area is 186 Å². The summed E-state index contributed by atoms with van der Waals surface area (Å²) >= 11 is 1.21. The zero-order valence-electron chi connectivity index (χ0n) is 16.9. The van der Waals surface area contributed by atoms with Gasteiger partial charge in [0.2, 0.25) is 5.91 Å². The number of hydrogen-bond donors (Lipinski definition) is 1. The van der Waals surface area contributed by atoms with Crippen LogP contribution in [0.1, 0.15) is 6.92 Å². The quantitative estimate of drug-likeness (QED) is 0.239. The van der Waals surface area contributed by atoms with Gasteiger partial charge < -0.3 is 5.32 Å². The number of halogens is 1. The van der Waals surface area contributed by atoms with Crippen molar-refractivity contribution in [3.63, 3.8) is 0 Å². The highest BCUT2D eigenvalue weighted by Gasteiger charge is 2.21. The first-order chi connectivity index (χ1) is 15.4. The predicted octanol–water partition coefficient (Wildman–Crippen LogP) is 5.46. The van der Waals surface area contributed by atoms with E-state index in [4.69, 9.17) is 0 Å². The number of hydrogen-bond acceptors (Lipinski definition) is 6. The number of amides is 1. The highest BCUT2D eigenvalue weighted by Crippen LogP contribution is 2.34. The van der Waals surface area contributed by atoms with Gasteiger partial charge in [0.05, 0.1) is 10.2 Å². The molecule has 0 bridgehead atoms. The lowest BCUT2D eigenvalue weighted by Crippen LogP contribution is -2.23. The van der Waals surface area contributed by atoms with Gasteiger partial charge in [-0.3, -0.25) is 14.9 Å². The summed E-state index contributed by atoms with van der Waals surface area (Å²) in [5.41, 5.74) is 1.31. The van der Waals surface area contributed by atoms with E-state index in [1.54, 1.807) is 25.1 Å². The average Bonchev–Trinajstić information content (AvgIpc) is 2.80. The van der Waals surface area contributed by atoms with E-state index in [2.05, 4.69) is 15.5 Å². The second kappa shape index (κ2) is 9.11. The maximum absolute atomic E-state index is 13.3. The number of aromatic nitrogens is 2. The molecule has 4 rings (SSSR count). The van der Waals surface area contributed by atoms with Crippen LogP contribution < -0.4 is 5.32 Å². The summed E-state index contributed by atoms with van der Waals surface area (Å²) < 4.78 is 13.3. The monoisotopic (exact) mass is 448 g/mol. The Morgan fingerprint density at radius 1 is 1.00 bits per heavy atom. The average molecular weight is 448 g/mol. The largest absolute Gasteiger partial charge is 0.319 e. The van der Waals surface area contributed by atoms with Gasteiger partial charge >= 0.3 is 0 Å². The number of carbonyl (C=O) groups is 1. The maximum Gasteiger partial charge on any atom is 0.292 e. The summed E-state index contributed by atoms with van der Waals surface area (Å²) in [6.07, 6.45) is 0. The van der Waals surface area contributed by atoms with Crippen LogP contribution in [0, 0.1) is 15.9 Å². The van der Waals surface area contributed by atoms with E-state index in [1.165, 1.54) is 42.1 Å². The minimum atomic E-state index is -0.593. The van der Waals surface area contributed by atoms with Gasteiger partial charge in [0.25, 0.3) is 5.69 Å². The third kappa shape index (κ3) is 4.42. The second-order valence-electron chi connectivity index (χ2n) is 6.93. The van der Waals surface area contributed by atoms with E-state index in [1.807, 2.05) is 24.3 Å². The van der Waals surface area contributed by atoms with Crippen LogP contribution in [-0.2, 0) is 4.79 Å². The third-order valence-corrected chi connectivity index (χ3v) is 5.88. The molecule has 1 heterocycles. The molecule has 0 fully saturated rings. The van der Waals surface area contributed by atoms with Crippen LogP contribution in [0.25, 0.3) is 22.0 Å². The summed E-state index contributed by atoms with van der Waals surface area (Å²) in [7, 11) is 0. The number of fused-ring (bicyclic) bond motifs is 1. The second-order valence-corrected chi connectivity index (χ2v) is 8.26. The number of nitro benzene ring substituents is 1. The molecule has 32 heavy (non-hydrogen) atoms. The minimum Gasteiger partial charge on any atom is -0.319 e. The lowest BCUT2D eigenvalue weighted by atomic mass is 10.1. The Morgan fingerprint density at radius 2 is 1.66 bits per heavy atom. The van der Waals surface area contributed by atoms with E-state index in [-0.39, 0.29) is 17.2 Å². The summed E-state index contributed by atoms with van der Waals surface area (Å²) in [5, 5.41) is 24.0. The summed E-state index contributed by atoms with van der Waals surface area (Å²) in [4.78, 5) is 23.4. The number of nitro groups is 1. The molecule has 3 aromatic carbocycles. The lowest BCUT2D eigenvalue weighted by Gasteiger charge is -2.14. The third-order valence-electron chi connectivity index (χ3n) is 4.79. The normalized spacial score (nSPS) is 11.8. The fourth-order valence-electron chi connectivity index (χ4n) is 3.18. The van der Waals surface area contributed by atoms with Crippen molar-refractivity contribution in [3.05, 3.63) is 88.7 Å². The van der Waals surface area contributed by atoms with Crippen molar-refractivity contribution >= 4 is 39.8 Å². The Morgan fingerprint density at radius 3 is 2.38 bits per heavy atom. The van der Waals surface area contributed by atoms with Crippen molar-refractivity contribution in [2.45, 2.75) is 17.2 Å². The number of carbonyl (C=O) groups excluding carboxylic acids is 1. The Bertz CT molecular complexity index is 1310. The van der Waals surface area contributed by atoms with Crippen LogP contribution in [0.2, 0.25) is 0 Å². The molecule has 1 unspecified atom stereocenters. The number of anilines is 1. The SMILES string of the molecule is CC(Sc1nnc(-c2ccc(F)cc2)c2ccccc12)C(=O)Nc1ccccc1[N+](=O)[O-]. The van der Waals surface area contributed by atoms with E-state index >= 15 is 0 Å². The Balaban J connectivity index is 1.61. The molecule has 160 valence electrons. The van der Waals surface area contributed by atoms with E-state index in [9.17, 15) is 19.3 Å². The van der Waals surface area contributed by atoms with Crippen LogP contribution in [0.15, 0.2) is 77.8 Å². The van der Waals surface area contributed by atoms with Gasteiger partial charge in [0, 0.05) is 22.4 Å². The molecule has 0 aliphatic heterocycles. The highest BCUT2D eigenvalue weighted by atomic mass is 32.2. The zero-order valence-corrected chi connectivity index (χ0v) is 17.7. The predicted molar refractivity (Wildman–Crippen MR) is 122 cm³/mol. The molecule has 0 spiro atoms.